The molecule has 2 aromatic carbocycles. The first-order valence-corrected chi connectivity index (χ1v) is 11.0. The molecule has 28 heavy (non-hydrogen) atoms. The van der Waals surface area contributed by atoms with Gasteiger partial charge in [0.1, 0.15) is 0 Å². The van der Waals surface area contributed by atoms with Gasteiger partial charge in [0, 0.05) is 50.9 Å². The highest BCUT2D eigenvalue weighted by molar-refractivity contribution is 5.32. The van der Waals surface area contributed by atoms with E-state index in [1.54, 1.807) is 0 Å². The van der Waals surface area contributed by atoms with E-state index >= 15 is 0 Å². The number of quaternary nitrogens is 1. The summed E-state index contributed by atoms with van der Waals surface area (Å²) in [6.07, 6.45) is 5.58. The van der Waals surface area contributed by atoms with Gasteiger partial charge in [0.25, 0.3) is 0 Å². The molecule has 3 heterocycles. The first-order valence-electron chi connectivity index (χ1n) is 11.0. The molecule has 0 radical (unpaired) electrons. The maximum absolute atomic E-state index is 4.03. The van der Waals surface area contributed by atoms with Crippen LogP contribution in [0.25, 0.3) is 0 Å². The minimum atomic E-state index is 0.374. The molecule has 3 saturated heterocycles. The fourth-order valence-electron chi connectivity index (χ4n) is 6.06. The molecule has 0 aromatic heterocycles. The lowest BCUT2D eigenvalue weighted by atomic mass is 9.91. The molecule has 2 unspecified atom stereocenters. The standard InChI is InChI=1S/C25H34N3/c1-28(2)23-13-14-24(28)16-21(15-23)26-22-17-27(18-22)25(19-9-5-3-6-10-19)20-11-7-4-8-12-20/h3-12,21-26H,13-18H2,1-2H3/q+1. The van der Waals surface area contributed by atoms with Gasteiger partial charge in [0.05, 0.1) is 32.2 Å². The van der Waals surface area contributed by atoms with Crippen LogP contribution in [0.3, 0.4) is 0 Å². The largest absolute Gasteiger partial charge is 0.324 e. The van der Waals surface area contributed by atoms with Crippen LogP contribution in [0.5, 0.6) is 0 Å². The Kier molecular flexibility index (Phi) is 4.78. The van der Waals surface area contributed by atoms with Gasteiger partial charge >= 0.3 is 0 Å². The highest BCUT2D eigenvalue weighted by Gasteiger charge is 2.49. The third-order valence-electron chi connectivity index (χ3n) is 7.81. The van der Waals surface area contributed by atoms with Gasteiger partial charge in [0.2, 0.25) is 0 Å². The van der Waals surface area contributed by atoms with Crippen LogP contribution in [0.4, 0.5) is 0 Å². The molecule has 3 fully saturated rings. The first kappa shape index (κ1) is 18.4. The molecule has 1 N–H and O–H groups in total. The molecule has 3 nitrogen and oxygen atoms in total. The number of rotatable bonds is 5. The Labute approximate surface area is 169 Å². The van der Waals surface area contributed by atoms with E-state index in [1.165, 1.54) is 41.3 Å². The van der Waals surface area contributed by atoms with Crippen LogP contribution in [-0.2, 0) is 0 Å². The molecule has 2 atom stereocenters. The van der Waals surface area contributed by atoms with Crippen molar-refractivity contribution in [3.05, 3.63) is 71.8 Å². The smallest absolute Gasteiger partial charge is 0.0905 e. The lowest BCUT2D eigenvalue weighted by molar-refractivity contribution is -0.930. The fourth-order valence-corrected chi connectivity index (χ4v) is 6.06. The van der Waals surface area contributed by atoms with Gasteiger partial charge in [-0.05, 0) is 11.1 Å². The summed E-state index contributed by atoms with van der Waals surface area (Å²) in [5.74, 6) is 0. The molecular weight excluding hydrogens is 342 g/mol. The van der Waals surface area contributed by atoms with Gasteiger partial charge in [0.15, 0.2) is 0 Å². The molecule has 3 heteroatoms. The van der Waals surface area contributed by atoms with E-state index in [-0.39, 0.29) is 0 Å². The average Bonchev–Trinajstić information content (AvgIpc) is 2.85. The monoisotopic (exact) mass is 376 g/mol. The van der Waals surface area contributed by atoms with Crippen LogP contribution in [0.15, 0.2) is 60.7 Å². The van der Waals surface area contributed by atoms with Gasteiger partial charge in [-0.15, -0.1) is 0 Å². The Bertz CT molecular complexity index is 726. The van der Waals surface area contributed by atoms with Crippen molar-refractivity contribution < 1.29 is 4.48 Å². The molecule has 3 aliphatic heterocycles. The number of likely N-dealkylation sites (tertiary alicyclic amines) is 1. The van der Waals surface area contributed by atoms with E-state index in [1.807, 2.05) is 0 Å². The average molecular weight is 377 g/mol. The molecule has 3 aliphatic rings. The number of hydrogen-bond acceptors (Lipinski definition) is 2. The number of nitrogens with one attached hydrogen (secondary N) is 1. The van der Waals surface area contributed by atoms with Crippen molar-refractivity contribution in [3.63, 3.8) is 0 Å². The fraction of sp³-hybridized carbons (Fsp3) is 0.520. The molecule has 2 bridgehead atoms. The molecular formula is C25H34N3+. The predicted octanol–water partition coefficient (Wildman–Crippen LogP) is 3.82. The van der Waals surface area contributed by atoms with Crippen molar-refractivity contribution in [1.29, 1.82) is 0 Å². The Balaban J connectivity index is 1.24. The summed E-state index contributed by atoms with van der Waals surface area (Å²) in [6, 6.07) is 25.5. The van der Waals surface area contributed by atoms with E-state index in [4.69, 9.17) is 0 Å². The SMILES string of the molecule is C[N+]1(C)C2CCC1CC(NC1CN(C(c3ccccc3)c3ccccc3)C1)C2. The highest BCUT2D eigenvalue weighted by Crippen LogP contribution is 2.40. The number of hydrogen-bond donors (Lipinski definition) is 1. The van der Waals surface area contributed by atoms with Crippen LogP contribution in [0, 0.1) is 0 Å². The minimum Gasteiger partial charge on any atom is -0.324 e. The van der Waals surface area contributed by atoms with Crippen molar-refractivity contribution >= 4 is 0 Å². The lowest BCUT2D eigenvalue weighted by Crippen LogP contribution is -2.64. The van der Waals surface area contributed by atoms with E-state index < -0.39 is 0 Å². The molecule has 0 aliphatic carbocycles. The first-order chi connectivity index (χ1) is 13.6. The summed E-state index contributed by atoms with van der Waals surface area (Å²) in [5.41, 5.74) is 2.81. The third-order valence-corrected chi connectivity index (χ3v) is 7.81. The zero-order valence-corrected chi connectivity index (χ0v) is 17.3. The quantitative estimate of drug-likeness (QED) is 0.798. The molecule has 5 rings (SSSR count). The Morgan fingerprint density at radius 1 is 0.786 bits per heavy atom. The van der Waals surface area contributed by atoms with Crippen LogP contribution in [-0.4, -0.2) is 60.7 Å². The van der Waals surface area contributed by atoms with Gasteiger partial charge in [-0.25, -0.2) is 0 Å². The summed E-state index contributed by atoms with van der Waals surface area (Å²) in [4.78, 5) is 2.64. The van der Waals surface area contributed by atoms with Gasteiger partial charge in [-0.2, -0.15) is 0 Å². The molecule has 148 valence electrons. The van der Waals surface area contributed by atoms with Gasteiger partial charge in [-0.1, -0.05) is 60.7 Å². The summed E-state index contributed by atoms with van der Waals surface area (Å²) in [6.45, 7) is 2.30. The van der Waals surface area contributed by atoms with Crippen molar-refractivity contribution in [3.8, 4) is 0 Å². The van der Waals surface area contributed by atoms with Crippen molar-refractivity contribution in [1.82, 2.24) is 10.2 Å². The maximum atomic E-state index is 4.03. The summed E-state index contributed by atoms with van der Waals surface area (Å²) < 4.78 is 1.26. The van der Waals surface area contributed by atoms with Crippen LogP contribution in [0.2, 0.25) is 0 Å². The molecule has 0 spiro atoms. The Morgan fingerprint density at radius 3 is 1.79 bits per heavy atom. The van der Waals surface area contributed by atoms with Gasteiger partial charge < -0.3 is 9.80 Å². The zero-order valence-electron chi connectivity index (χ0n) is 17.3. The second-order valence-corrected chi connectivity index (χ2v) is 9.72. The van der Waals surface area contributed by atoms with Crippen LogP contribution < -0.4 is 5.32 Å². The lowest BCUT2D eigenvalue weighted by Gasteiger charge is -2.49. The van der Waals surface area contributed by atoms with E-state index in [0.29, 0.717) is 12.1 Å². The summed E-state index contributed by atoms with van der Waals surface area (Å²) in [5, 5.41) is 4.03. The molecule has 0 saturated carbocycles. The van der Waals surface area contributed by atoms with E-state index in [2.05, 4.69) is 85.0 Å². The number of benzene rings is 2. The van der Waals surface area contributed by atoms with Gasteiger partial charge in [-0.3, -0.25) is 4.90 Å². The van der Waals surface area contributed by atoms with Crippen molar-refractivity contribution in [2.45, 2.75) is 55.9 Å². The molecule has 2 aromatic rings. The van der Waals surface area contributed by atoms with E-state index in [0.717, 1.165) is 31.2 Å². The van der Waals surface area contributed by atoms with E-state index in [9.17, 15) is 0 Å². The Morgan fingerprint density at radius 2 is 1.29 bits per heavy atom. The number of nitrogens with zero attached hydrogens (tertiary/aromatic N) is 2. The Hall–Kier alpha value is -1.68. The second kappa shape index (κ2) is 7.29. The summed E-state index contributed by atoms with van der Waals surface area (Å²) in [7, 11) is 4.90. The number of piperidine rings is 1. The maximum Gasteiger partial charge on any atom is 0.0905 e. The number of fused-ring (bicyclic) bond motifs is 2. The van der Waals surface area contributed by atoms with Crippen molar-refractivity contribution in [2.75, 3.05) is 27.2 Å². The van der Waals surface area contributed by atoms with Crippen LogP contribution in [0.1, 0.15) is 42.9 Å². The second-order valence-electron chi connectivity index (χ2n) is 9.72. The minimum absolute atomic E-state index is 0.374. The van der Waals surface area contributed by atoms with Crippen LogP contribution >= 0.6 is 0 Å². The highest BCUT2D eigenvalue weighted by atomic mass is 15.4. The predicted molar refractivity (Wildman–Crippen MR) is 115 cm³/mol. The zero-order chi connectivity index (χ0) is 19.1. The van der Waals surface area contributed by atoms with Crippen molar-refractivity contribution in [2.24, 2.45) is 0 Å². The third kappa shape index (κ3) is 3.30. The topological polar surface area (TPSA) is 15.3 Å². The normalized spacial score (nSPS) is 29.8. The summed E-state index contributed by atoms with van der Waals surface area (Å²) >= 11 is 0. The molecule has 0 amide bonds.